The first kappa shape index (κ1) is 14.1. The maximum absolute atomic E-state index is 11.8. The van der Waals surface area contributed by atoms with Crippen LogP contribution in [-0.2, 0) is 16.0 Å². The van der Waals surface area contributed by atoms with E-state index in [4.69, 9.17) is 4.74 Å². The predicted octanol–water partition coefficient (Wildman–Crippen LogP) is 2.65. The first-order valence-corrected chi connectivity index (χ1v) is 7.16. The summed E-state index contributed by atoms with van der Waals surface area (Å²) in [6.07, 6.45) is 2.87. The van der Waals surface area contributed by atoms with Crippen molar-refractivity contribution in [2.24, 2.45) is 0 Å². The molecular formula is C16H23NO2. The highest BCUT2D eigenvalue weighted by molar-refractivity contribution is 5.75. The van der Waals surface area contributed by atoms with Crippen LogP contribution < -0.4 is 0 Å². The van der Waals surface area contributed by atoms with E-state index in [0.717, 1.165) is 25.9 Å². The molecule has 19 heavy (non-hydrogen) atoms. The molecule has 0 N–H and O–H groups in total. The first-order chi connectivity index (χ1) is 9.19. The van der Waals surface area contributed by atoms with Crippen molar-refractivity contribution in [1.82, 2.24) is 4.90 Å². The Morgan fingerprint density at radius 3 is 2.74 bits per heavy atom. The van der Waals surface area contributed by atoms with Gasteiger partial charge in [-0.3, -0.25) is 4.79 Å². The SMILES string of the molecule is CCC(=O)N1CC(C)OC(CCc2ccccc2)C1. The molecule has 1 saturated heterocycles. The number of ether oxygens (including phenoxy) is 1. The second-order valence-corrected chi connectivity index (χ2v) is 5.25. The molecular weight excluding hydrogens is 238 g/mol. The molecule has 0 bridgehead atoms. The molecule has 0 spiro atoms. The lowest BCUT2D eigenvalue weighted by atomic mass is 10.0. The van der Waals surface area contributed by atoms with E-state index in [1.165, 1.54) is 5.56 Å². The Morgan fingerprint density at radius 2 is 2.05 bits per heavy atom. The van der Waals surface area contributed by atoms with Gasteiger partial charge in [-0.05, 0) is 25.3 Å². The summed E-state index contributed by atoms with van der Waals surface area (Å²) in [7, 11) is 0. The van der Waals surface area contributed by atoms with Crippen molar-refractivity contribution in [3.8, 4) is 0 Å². The number of rotatable bonds is 4. The fourth-order valence-corrected chi connectivity index (χ4v) is 2.60. The van der Waals surface area contributed by atoms with E-state index in [1.807, 2.05) is 24.8 Å². The molecule has 1 aliphatic heterocycles. The van der Waals surface area contributed by atoms with Gasteiger partial charge in [0.15, 0.2) is 0 Å². The average molecular weight is 261 g/mol. The van der Waals surface area contributed by atoms with Gasteiger partial charge < -0.3 is 9.64 Å². The minimum atomic E-state index is 0.144. The summed E-state index contributed by atoms with van der Waals surface area (Å²) in [6.45, 7) is 5.43. The van der Waals surface area contributed by atoms with Gasteiger partial charge >= 0.3 is 0 Å². The van der Waals surface area contributed by atoms with Crippen LogP contribution in [0.3, 0.4) is 0 Å². The number of benzene rings is 1. The molecule has 0 saturated carbocycles. The summed E-state index contributed by atoms with van der Waals surface area (Å²) in [5, 5.41) is 0. The topological polar surface area (TPSA) is 29.5 Å². The van der Waals surface area contributed by atoms with Crippen LogP contribution in [0.1, 0.15) is 32.3 Å². The third kappa shape index (κ3) is 4.06. The fraction of sp³-hybridized carbons (Fsp3) is 0.562. The van der Waals surface area contributed by atoms with E-state index >= 15 is 0 Å². The number of morpholine rings is 1. The molecule has 1 heterocycles. The van der Waals surface area contributed by atoms with Crippen LogP contribution in [0.4, 0.5) is 0 Å². The van der Waals surface area contributed by atoms with Crippen molar-refractivity contribution in [3.63, 3.8) is 0 Å². The fourth-order valence-electron chi connectivity index (χ4n) is 2.60. The molecule has 2 unspecified atom stereocenters. The van der Waals surface area contributed by atoms with E-state index in [0.29, 0.717) is 6.42 Å². The van der Waals surface area contributed by atoms with Crippen molar-refractivity contribution in [3.05, 3.63) is 35.9 Å². The van der Waals surface area contributed by atoms with Crippen LogP contribution >= 0.6 is 0 Å². The molecule has 1 amide bonds. The van der Waals surface area contributed by atoms with Crippen molar-refractivity contribution < 1.29 is 9.53 Å². The van der Waals surface area contributed by atoms with E-state index in [-0.39, 0.29) is 18.1 Å². The Balaban J connectivity index is 1.87. The number of hydrogen-bond acceptors (Lipinski definition) is 2. The van der Waals surface area contributed by atoms with Gasteiger partial charge in [-0.25, -0.2) is 0 Å². The van der Waals surface area contributed by atoms with Crippen LogP contribution in [-0.4, -0.2) is 36.1 Å². The molecule has 1 fully saturated rings. The van der Waals surface area contributed by atoms with Crippen molar-refractivity contribution in [2.75, 3.05) is 13.1 Å². The van der Waals surface area contributed by atoms with Gasteiger partial charge in [0.25, 0.3) is 0 Å². The summed E-state index contributed by atoms with van der Waals surface area (Å²) in [6, 6.07) is 10.4. The van der Waals surface area contributed by atoms with Crippen LogP contribution in [0, 0.1) is 0 Å². The zero-order chi connectivity index (χ0) is 13.7. The molecule has 3 heteroatoms. The number of hydrogen-bond donors (Lipinski definition) is 0. The van der Waals surface area contributed by atoms with Gasteiger partial charge in [-0.1, -0.05) is 37.3 Å². The molecule has 104 valence electrons. The van der Waals surface area contributed by atoms with Gasteiger partial charge in [-0.2, -0.15) is 0 Å². The highest BCUT2D eigenvalue weighted by Crippen LogP contribution is 2.16. The molecule has 1 aromatic rings. The van der Waals surface area contributed by atoms with E-state index in [1.54, 1.807) is 0 Å². The second kappa shape index (κ2) is 6.71. The zero-order valence-electron chi connectivity index (χ0n) is 11.8. The van der Waals surface area contributed by atoms with Crippen molar-refractivity contribution in [1.29, 1.82) is 0 Å². The maximum Gasteiger partial charge on any atom is 0.222 e. The van der Waals surface area contributed by atoms with Crippen LogP contribution in [0.5, 0.6) is 0 Å². The molecule has 1 aliphatic rings. The largest absolute Gasteiger partial charge is 0.372 e. The zero-order valence-corrected chi connectivity index (χ0v) is 11.8. The summed E-state index contributed by atoms with van der Waals surface area (Å²) in [5.41, 5.74) is 1.33. The summed E-state index contributed by atoms with van der Waals surface area (Å²) < 4.78 is 5.94. The Kier molecular flexibility index (Phi) is 4.97. The summed E-state index contributed by atoms with van der Waals surface area (Å²) >= 11 is 0. The second-order valence-electron chi connectivity index (χ2n) is 5.25. The minimum absolute atomic E-state index is 0.144. The minimum Gasteiger partial charge on any atom is -0.372 e. The lowest BCUT2D eigenvalue weighted by Crippen LogP contribution is -2.49. The Hall–Kier alpha value is -1.35. The Bertz CT molecular complexity index is 404. The Morgan fingerprint density at radius 1 is 1.32 bits per heavy atom. The average Bonchev–Trinajstić information content (AvgIpc) is 2.45. The van der Waals surface area contributed by atoms with E-state index in [2.05, 4.69) is 24.3 Å². The molecule has 3 nitrogen and oxygen atoms in total. The van der Waals surface area contributed by atoms with Crippen LogP contribution in [0.15, 0.2) is 30.3 Å². The highest BCUT2D eigenvalue weighted by atomic mass is 16.5. The molecule has 0 aromatic heterocycles. The van der Waals surface area contributed by atoms with Crippen LogP contribution in [0.2, 0.25) is 0 Å². The van der Waals surface area contributed by atoms with Gasteiger partial charge in [0, 0.05) is 19.5 Å². The van der Waals surface area contributed by atoms with Gasteiger partial charge in [0.1, 0.15) is 0 Å². The summed E-state index contributed by atoms with van der Waals surface area (Å²) in [5.74, 6) is 0.236. The normalized spacial score (nSPS) is 23.4. The number of carbonyl (C=O) groups is 1. The number of nitrogens with zero attached hydrogens (tertiary/aromatic N) is 1. The summed E-state index contributed by atoms with van der Waals surface area (Å²) in [4.78, 5) is 13.8. The lowest BCUT2D eigenvalue weighted by molar-refractivity contribution is -0.144. The third-order valence-electron chi connectivity index (χ3n) is 3.58. The monoisotopic (exact) mass is 261 g/mol. The Labute approximate surface area is 115 Å². The molecule has 1 aromatic carbocycles. The number of aryl methyl sites for hydroxylation is 1. The number of amides is 1. The molecule has 2 rings (SSSR count). The van der Waals surface area contributed by atoms with Gasteiger partial charge in [0.05, 0.1) is 12.2 Å². The van der Waals surface area contributed by atoms with Crippen molar-refractivity contribution in [2.45, 2.75) is 45.3 Å². The van der Waals surface area contributed by atoms with E-state index < -0.39 is 0 Å². The number of carbonyl (C=O) groups excluding carboxylic acids is 1. The quantitative estimate of drug-likeness (QED) is 0.834. The van der Waals surface area contributed by atoms with Gasteiger partial charge in [-0.15, -0.1) is 0 Å². The highest BCUT2D eigenvalue weighted by Gasteiger charge is 2.27. The van der Waals surface area contributed by atoms with Crippen molar-refractivity contribution >= 4 is 5.91 Å². The third-order valence-corrected chi connectivity index (χ3v) is 3.58. The predicted molar refractivity (Wildman–Crippen MR) is 76.0 cm³/mol. The van der Waals surface area contributed by atoms with Crippen LogP contribution in [0.25, 0.3) is 0 Å². The standard InChI is InChI=1S/C16H23NO2/c1-3-16(18)17-11-13(2)19-15(12-17)10-9-14-7-5-4-6-8-14/h4-8,13,15H,3,9-12H2,1-2H3. The molecule has 0 radical (unpaired) electrons. The smallest absolute Gasteiger partial charge is 0.222 e. The van der Waals surface area contributed by atoms with E-state index in [9.17, 15) is 4.79 Å². The lowest BCUT2D eigenvalue weighted by Gasteiger charge is -2.37. The first-order valence-electron chi connectivity index (χ1n) is 7.16. The molecule has 0 aliphatic carbocycles. The van der Waals surface area contributed by atoms with Gasteiger partial charge in [0.2, 0.25) is 5.91 Å². The maximum atomic E-state index is 11.8. The molecule has 2 atom stereocenters.